The number of hydrogen-bond donors (Lipinski definition) is 1. The predicted molar refractivity (Wildman–Crippen MR) is 83.5 cm³/mol. The standard InChI is InChI=1S/C14H27N3O3S/c1-12(2)9-17(7-6-15(3)4)21(19,20)14-8-13(11-18)16(5)10-14/h8,10,12,18H,6-7,9,11H2,1-5H3. The van der Waals surface area contributed by atoms with Gasteiger partial charge in [-0.25, -0.2) is 8.42 Å². The molecule has 6 nitrogen and oxygen atoms in total. The summed E-state index contributed by atoms with van der Waals surface area (Å²) in [5.41, 5.74) is 0.589. The number of aryl methyl sites for hydroxylation is 1. The van der Waals surface area contributed by atoms with Crippen LogP contribution in [-0.4, -0.2) is 61.0 Å². The Hall–Kier alpha value is -0.890. The maximum Gasteiger partial charge on any atom is 0.244 e. The molecule has 0 aliphatic rings. The first-order valence-corrected chi connectivity index (χ1v) is 8.53. The van der Waals surface area contributed by atoms with Crippen LogP contribution in [0, 0.1) is 5.92 Å². The van der Waals surface area contributed by atoms with Gasteiger partial charge in [-0.1, -0.05) is 13.8 Å². The molecule has 1 aromatic rings. The number of hydrogen-bond acceptors (Lipinski definition) is 4. The number of aliphatic hydroxyl groups excluding tert-OH is 1. The fourth-order valence-electron chi connectivity index (χ4n) is 2.05. The lowest BCUT2D eigenvalue weighted by atomic mass is 10.2. The van der Waals surface area contributed by atoms with Crippen molar-refractivity contribution in [1.82, 2.24) is 13.8 Å². The van der Waals surface area contributed by atoms with Crippen LogP contribution in [0.25, 0.3) is 0 Å². The molecule has 0 fully saturated rings. The Bertz CT molecular complexity index is 550. The highest BCUT2D eigenvalue weighted by molar-refractivity contribution is 7.89. The molecule has 1 heterocycles. The third-order valence-corrected chi connectivity index (χ3v) is 5.08. The van der Waals surface area contributed by atoms with E-state index in [1.165, 1.54) is 4.31 Å². The molecule has 0 bridgehead atoms. The third-order valence-electron chi connectivity index (χ3n) is 3.25. The van der Waals surface area contributed by atoms with Gasteiger partial charge in [-0.05, 0) is 26.1 Å². The van der Waals surface area contributed by atoms with E-state index in [1.807, 2.05) is 32.8 Å². The predicted octanol–water partition coefficient (Wildman–Crippen LogP) is 0.726. The second-order valence-electron chi connectivity index (χ2n) is 6.00. The average Bonchev–Trinajstić information content (AvgIpc) is 2.75. The molecule has 0 radical (unpaired) electrons. The molecule has 0 spiro atoms. The second kappa shape index (κ2) is 7.40. The highest BCUT2D eigenvalue weighted by Gasteiger charge is 2.26. The monoisotopic (exact) mass is 317 g/mol. The lowest BCUT2D eigenvalue weighted by Crippen LogP contribution is -2.38. The number of nitrogens with zero attached hydrogens (tertiary/aromatic N) is 3. The zero-order valence-corrected chi connectivity index (χ0v) is 14.4. The Labute approximate surface area is 128 Å². The summed E-state index contributed by atoms with van der Waals surface area (Å²) < 4.78 is 28.7. The molecule has 0 unspecified atom stereocenters. The molecule has 1 N–H and O–H groups in total. The normalized spacial score (nSPS) is 12.8. The molecule has 0 saturated carbocycles. The molecule has 0 aliphatic carbocycles. The van der Waals surface area contributed by atoms with Crippen molar-refractivity contribution >= 4 is 10.0 Å². The molecule has 0 atom stereocenters. The summed E-state index contributed by atoms with van der Waals surface area (Å²) in [6, 6.07) is 1.54. The van der Waals surface area contributed by atoms with E-state index >= 15 is 0 Å². The zero-order valence-electron chi connectivity index (χ0n) is 13.6. The van der Waals surface area contributed by atoms with Crippen molar-refractivity contribution in [1.29, 1.82) is 0 Å². The van der Waals surface area contributed by atoms with Gasteiger partial charge in [0.2, 0.25) is 10.0 Å². The Kier molecular flexibility index (Phi) is 6.40. The van der Waals surface area contributed by atoms with Crippen LogP contribution in [0.1, 0.15) is 19.5 Å². The first-order valence-electron chi connectivity index (χ1n) is 7.09. The molecule has 1 rings (SSSR count). The summed E-state index contributed by atoms with van der Waals surface area (Å²) in [7, 11) is 2.05. The molecule has 0 aliphatic heterocycles. The number of aliphatic hydroxyl groups is 1. The van der Waals surface area contributed by atoms with E-state index in [4.69, 9.17) is 0 Å². The zero-order chi connectivity index (χ0) is 16.2. The van der Waals surface area contributed by atoms with Crippen LogP contribution in [0.4, 0.5) is 0 Å². The summed E-state index contributed by atoms with van der Waals surface area (Å²) in [6.45, 7) is 5.45. The Morgan fingerprint density at radius 3 is 2.33 bits per heavy atom. The van der Waals surface area contributed by atoms with E-state index in [0.717, 1.165) is 0 Å². The summed E-state index contributed by atoms with van der Waals surface area (Å²) in [5, 5.41) is 9.22. The first kappa shape index (κ1) is 18.2. The summed E-state index contributed by atoms with van der Waals surface area (Å²) in [5.74, 6) is 0.253. The van der Waals surface area contributed by atoms with Crippen LogP contribution in [-0.2, 0) is 23.7 Å². The molecule has 0 saturated heterocycles. The van der Waals surface area contributed by atoms with Crippen molar-refractivity contribution in [3.8, 4) is 0 Å². The summed E-state index contributed by atoms with van der Waals surface area (Å²) in [6.07, 6.45) is 1.56. The molecular weight excluding hydrogens is 290 g/mol. The molecule has 21 heavy (non-hydrogen) atoms. The number of sulfonamides is 1. The maximum atomic E-state index is 12.8. The molecule has 122 valence electrons. The lowest BCUT2D eigenvalue weighted by Gasteiger charge is -2.24. The van der Waals surface area contributed by atoms with Crippen molar-refractivity contribution in [3.63, 3.8) is 0 Å². The van der Waals surface area contributed by atoms with Crippen molar-refractivity contribution in [3.05, 3.63) is 18.0 Å². The van der Waals surface area contributed by atoms with Gasteiger partial charge in [-0.3, -0.25) is 0 Å². The van der Waals surface area contributed by atoms with Gasteiger partial charge in [-0.2, -0.15) is 4.31 Å². The summed E-state index contributed by atoms with van der Waals surface area (Å²) in [4.78, 5) is 2.21. The number of likely N-dealkylation sites (N-methyl/N-ethyl adjacent to an activating group) is 1. The lowest BCUT2D eigenvalue weighted by molar-refractivity contribution is 0.272. The molecule has 0 aromatic carbocycles. The maximum absolute atomic E-state index is 12.8. The van der Waals surface area contributed by atoms with Crippen molar-refractivity contribution in [2.24, 2.45) is 13.0 Å². The van der Waals surface area contributed by atoms with Crippen LogP contribution < -0.4 is 0 Å². The smallest absolute Gasteiger partial charge is 0.244 e. The van der Waals surface area contributed by atoms with Gasteiger partial charge in [0.1, 0.15) is 4.90 Å². The fraction of sp³-hybridized carbons (Fsp3) is 0.714. The van der Waals surface area contributed by atoms with Crippen molar-refractivity contribution in [2.45, 2.75) is 25.3 Å². The van der Waals surface area contributed by atoms with Crippen LogP contribution in [0.2, 0.25) is 0 Å². The minimum atomic E-state index is -3.53. The van der Waals surface area contributed by atoms with Gasteiger partial charge in [0.05, 0.1) is 6.61 Å². The minimum absolute atomic E-state index is 0.173. The van der Waals surface area contributed by atoms with E-state index in [0.29, 0.717) is 25.3 Å². The van der Waals surface area contributed by atoms with Crippen LogP contribution in [0.3, 0.4) is 0 Å². The first-order chi connectivity index (χ1) is 9.68. The Balaban J connectivity index is 3.06. The van der Waals surface area contributed by atoms with Crippen molar-refractivity contribution < 1.29 is 13.5 Å². The van der Waals surface area contributed by atoms with Gasteiger partial charge in [0.25, 0.3) is 0 Å². The number of rotatable bonds is 8. The molecular formula is C14H27N3O3S. The SMILES string of the molecule is CC(C)CN(CCN(C)C)S(=O)(=O)c1cc(CO)n(C)c1. The van der Waals surface area contributed by atoms with E-state index in [-0.39, 0.29) is 17.4 Å². The van der Waals surface area contributed by atoms with E-state index in [2.05, 4.69) is 0 Å². The van der Waals surface area contributed by atoms with E-state index in [9.17, 15) is 13.5 Å². The van der Waals surface area contributed by atoms with Gasteiger partial charge < -0.3 is 14.6 Å². The van der Waals surface area contributed by atoms with Crippen molar-refractivity contribution in [2.75, 3.05) is 33.7 Å². The molecule has 7 heteroatoms. The average molecular weight is 317 g/mol. The summed E-state index contributed by atoms with van der Waals surface area (Å²) >= 11 is 0. The van der Waals surface area contributed by atoms with E-state index < -0.39 is 10.0 Å². The highest BCUT2D eigenvalue weighted by atomic mass is 32.2. The van der Waals surface area contributed by atoms with E-state index in [1.54, 1.807) is 23.9 Å². The minimum Gasteiger partial charge on any atom is -0.390 e. The van der Waals surface area contributed by atoms with Crippen LogP contribution in [0.5, 0.6) is 0 Å². The fourth-order valence-corrected chi connectivity index (χ4v) is 3.74. The third kappa shape index (κ3) is 4.81. The molecule has 0 amide bonds. The molecule has 1 aromatic heterocycles. The van der Waals surface area contributed by atoms with Gasteiger partial charge in [-0.15, -0.1) is 0 Å². The topological polar surface area (TPSA) is 65.8 Å². The Morgan fingerprint density at radius 2 is 1.90 bits per heavy atom. The quantitative estimate of drug-likeness (QED) is 0.767. The van der Waals surface area contributed by atoms with Gasteiger partial charge >= 0.3 is 0 Å². The second-order valence-corrected chi connectivity index (χ2v) is 7.93. The Morgan fingerprint density at radius 1 is 1.29 bits per heavy atom. The highest BCUT2D eigenvalue weighted by Crippen LogP contribution is 2.19. The van der Waals surface area contributed by atoms with Crippen LogP contribution in [0.15, 0.2) is 17.2 Å². The number of aromatic nitrogens is 1. The largest absolute Gasteiger partial charge is 0.390 e. The van der Waals surface area contributed by atoms with Gasteiger partial charge in [0.15, 0.2) is 0 Å². The van der Waals surface area contributed by atoms with Gasteiger partial charge in [0, 0.05) is 38.6 Å². The van der Waals surface area contributed by atoms with Crippen LogP contribution >= 0.6 is 0 Å².